The molecule has 0 saturated carbocycles. The Kier molecular flexibility index (Phi) is 44.3. The number of nitrogens with zero attached hydrogens (tertiary/aromatic N) is 15. The lowest BCUT2D eigenvalue weighted by Gasteiger charge is -2.41. The van der Waals surface area contributed by atoms with E-state index in [1.54, 1.807) is 201 Å². The van der Waals surface area contributed by atoms with Crippen molar-refractivity contribution in [3.63, 3.8) is 0 Å². The van der Waals surface area contributed by atoms with Gasteiger partial charge >= 0.3 is 5.97 Å². The number of benzene rings is 4. The van der Waals surface area contributed by atoms with Gasteiger partial charge in [-0.1, -0.05) is 89.1 Å². The molecule has 4 aromatic carbocycles. The third-order valence-corrected chi connectivity index (χ3v) is 25.2. The van der Waals surface area contributed by atoms with E-state index in [1.807, 2.05) is 6.92 Å². The third-order valence-electron chi connectivity index (χ3n) is 25.2. The van der Waals surface area contributed by atoms with Crippen molar-refractivity contribution in [2.75, 3.05) is 58.6 Å². The van der Waals surface area contributed by atoms with E-state index in [0.29, 0.717) is 152 Å². The molecule has 4 fully saturated rings. The molecule has 3 amide bonds. The molecule has 0 bridgehead atoms. The van der Waals surface area contributed by atoms with Crippen LogP contribution in [0.2, 0.25) is 0 Å². The predicted octanol–water partition coefficient (Wildman–Crippen LogP) is 24.6. The average molecular weight is 1930 g/mol. The quantitative estimate of drug-likeness (QED) is 0.0849. The van der Waals surface area contributed by atoms with Crippen molar-refractivity contribution in [1.29, 1.82) is 21.0 Å². The van der Waals surface area contributed by atoms with E-state index >= 15 is 0 Å². The highest BCUT2D eigenvalue weighted by atomic mass is 35.5. The highest BCUT2D eigenvalue weighted by molar-refractivity contribution is 7.93. The van der Waals surface area contributed by atoms with Gasteiger partial charge in [0.2, 0.25) is 0 Å². The fourth-order valence-corrected chi connectivity index (χ4v) is 17.1. The van der Waals surface area contributed by atoms with Crippen molar-refractivity contribution >= 4 is 48.2 Å². The Bertz CT molecular complexity index is 5730. The van der Waals surface area contributed by atoms with Crippen molar-refractivity contribution < 1.29 is 63.3 Å². The van der Waals surface area contributed by atoms with E-state index in [9.17, 15) is 79.2 Å². The molecule has 0 spiro atoms. The van der Waals surface area contributed by atoms with Crippen molar-refractivity contribution in [1.82, 2.24) is 59.9 Å². The summed E-state index contributed by atoms with van der Waals surface area (Å²) in [7, 11) is 0. The number of aromatic carboxylic acids is 1. The number of likely N-dealkylation sites (tertiary alicyclic amines) is 3. The number of hydrogen-bond donors (Lipinski definition) is 2. The molecule has 16 rings (SSSR count). The van der Waals surface area contributed by atoms with Crippen molar-refractivity contribution in [3.05, 3.63) is 335 Å². The Labute approximate surface area is 812 Å². The highest BCUT2D eigenvalue weighted by Crippen LogP contribution is 2.49. The molecule has 0 radical (unpaired) electrons. The number of hydrogen-bond acceptors (Lipinski definition) is 18. The van der Waals surface area contributed by atoms with Crippen LogP contribution in [-0.4, -0.2) is 142 Å². The number of carboxylic acids is 1. The molecule has 12 heterocycles. The molecule has 4 atom stereocenters. The van der Waals surface area contributed by atoms with E-state index in [2.05, 4.69) is 69.5 Å². The van der Waals surface area contributed by atoms with Crippen molar-refractivity contribution in [2.24, 2.45) is 21.7 Å². The molecule has 138 heavy (non-hydrogen) atoms. The van der Waals surface area contributed by atoms with Crippen LogP contribution in [0.3, 0.4) is 0 Å². The number of amides is 3. The van der Waals surface area contributed by atoms with E-state index in [-0.39, 0.29) is 90.9 Å². The largest absolute Gasteiger partial charge is 0.478 e. The molecule has 8 aromatic heterocycles. The van der Waals surface area contributed by atoms with Gasteiger partial charge in [0.25, 0.3) is 17.7 Å². The topological polar surface area (TPSA) is 309 Å². The number of carboxylic acid groups (broad SMARTS) is 1. The fourth-order valence-electron chi connectivity index (χ4n) is 17.1. The molecule has 0 aliphatic carbocycles. The summed E-state index contributed by atoms with van der Waals surface area (Å²) < 4.78 is 120. The monoisotopic (exact) mass is 1930 g/mol. The van der Waals surface area contributed by atoms with Gasteiger partial charge in [-0.05, 0) is 208 Å². The second-order valence-electron chi connectivity index (χ2n) is 32.2. The van der Waals surface area contributed by atoms with E-state index in [4.69, 9.17) is 5.11 Å². The minimum absolute atomic E-state index is 0. The highest BCUT2D eigenvalue weighted by Gasteiger charge is 2.47. The summed E-state index contributed by atoms with van der Waals surface area (Å²) in [6.45, 7) is 10.9. The van der Waals surface area contributed by atoms with Crippen LogP contribution in [0, 0.1) is 114 Å². The van der Waals surface area contributed by atoms with Crippen LogP contribution in [0.5, 0.6) is 0 Å². The Balaban J connectivity index is 0.000000306. The first-order chi connectivity index (χ1) is 63.6. The standard InChI is InChI=1S/3C25H22F2N4O.C14H16F2N2.C11H8N2O2.CH3FS.5CH4.ClH/c3*1-17(20-5-4-19(26)15-22(20)27)25(16-28)8-13-31(14-9-25)24(32)21-3-2-10-30-23(21)18-6-11-29-12-7-18;1-10(12-3-2-11(15)8-13(12)16)14(9-17)4-6-18-7-5-14;14-11(15)9-2-1-5-13-10(9)8-3-6-12-7-4-8;1-3-2;;;;;;/h3*2-7,10-12,15,17H,8-9,13-14H2,1H3;2-3,8,10,18H,4-7H2,1H3;1-7H,(H,14,15);1H3;5*1H4;1H/t2*17-;;;;;;;;;;/m10........../s1. The van der Waals surface area contributed by atoms with Gasteiger partial charge in [-0.15, -0.1) is 12.4 Å². The molecule has 12 aromatic rings. The van der Waals surface area contributed by atoms with Gasteiger partial charge in [0, 0.05) is 202 Å². The lowest BCUT2D eigenvalue weighted by atomic mass is 9.68. The summed E-state index contributed by atoms with van der Waals surface area (Å²) in [4.78, 5) is 89.2. The van der Waals surface area contributed by atoms with Crippen LogP contribution in [-0.2, 0) is 0 Å². The second-order valence-corrected chi connectivity index (χ2v) is 32.6. The first-order valence-electron chi connectivity index (χ1n) is 42.5. The average Bonchev–Trinajstić information content (AvgIpc) is 0.774. The minimum Gasteiger partial charge on any atom is -0.478 e. The summed E-state index contributed by atoms with van der Waals surface area (Å²) in [6, 6.07) is 51.3. The van der Waals surface area contributed by atoms with Gasteiger partial charge in [-0.2, -0.15) is 24.9 Å². The van der Waals surface area contributed by atoms with E-state index < -0.39 is 91.9 Å². The van der Waals surface area contributed by atoms with Crippen LogP contribution in [0.15, 0.2) is 244 Å². The smallest absolute Gasteiger partial charge is 0.337 e. The van der Waals surface area contributed by atoms with Gasteiger partial charge in [0.15, 0.2) is 0 Å². The fraction of sp³-hybridized carbons (Fsp3) is 0.321. The zero-order chi connectivity index (χ0) is 94.7. The molecule has 4 saturated heterocycles. The molecule has 4 aliphatic rings. The second kappa shape index (κ2) is 53.4. The third kappa shape index (κ3) is 27.2. The SMILES string of the molecule is C.C.C.C.C.CC(c1ccc(F)cc1F)C1(C#N)CCN(C(=O)c2cccnc2-c2ccncc2)CC1.CC(c1ccc(F)cc1F)C1(C#N)CCNCC1.CSF.C[C@@H](c1ccc(F)cc1F)C1(C#N)CCN(C(=O)c2cccnc2-c2ccncc2)CC1.C[C@H](c1ccc(F)cc1F)C1(C#N)CCN(C(=O)c2cccnc2-c2ccncc2)CC1.Cl.O=C(O)c1cccnc1-c1ccncc1. The summed E-state index contributed by atoms with van der Waals surface area (Å²) >= 11 is 0.250. The zero-order valence-electron chi connectivity index (χ0n) is 73.2. The maximum absolute atomic E-state index is 14.4. The van der Waals surface area contributed by atoms with Crippen molar-refractivity contribution in [2.45, 2.75) is 140 Å². The molecule has 2 N–H and O–H groups in total. The molecule has 21 nitrogen and oxygen atoms in total. The summed E-state index contributed by atoms with van der Waals surface area (Å²) in [5.41, 5.74) is 5.35. The Morgan fingerprint density at radius 1 is 0.348 bits per heavy atom. The number of halogens is 10. The number of aromatic nitrogens is 8. The van der Waals surface area contributed by atoms with E-state index in [1.165, 1.54) is 60.9 Å². The number of nitrogens with one attached hydrogen (secondary N) is 1. The number of pyridine rings is 8. The Morgan fingerprint density at radius 2 is 0.551 bits per heavy atom. The van der Waals surface area contributed by atoms with E-state index in [0.717, 1.165) is 59.6 Å². The summed E-state index contributed by atoms with van der Waals surface area (Å²) in [5, 5.41) is 51.6. The molecule has 2 unspecified atom stereocenters. The van der Waals surface area contributed by atoms with Crippen LogP contribution in [0.25, 0.3) is 45.0 Å². The number of nitriles is 4. The number of carbonyl (C=O) groups is 4. The van der Waals surface area contributed by atoms with Crippen LogP contribution in [0.4, 0.5) is 39.0 Å². The van der Waals surface area contributed by atoms with Crippen molar-refractivity contribution in [3.8, 4) is 69.3 Å². The molecular formula is C106H114ClF9N16O5S. The lowest BCUT2D eigenvalue weighted by molar-refractivity contribution is 0.0615. The van der Waals surface area contributed by atoms with Crippen LogP contribution < -0.4 is 5.32 Å². The van der Waals surface area contributed by atoms with Gasteiger partial charge in [-0.3, -0.25) is 54.3 Å². The molecule has 32 heteroatoms. The van der Waals surface area contributed by atoms with Crippen LogP contribution in [0.1, 0.15) is 204 Å². The molecule has 724 valence electrons. The van der Waals surface area contributed by atoms with Gasteiger partial charge < -0.3 is 25.1 Å². The minimum atomic E-state index is -0.977. The first-order valence-corrected chi connectivity index (χ1v) is 43.6. The van der Waals surface area contributed by atoms with Crippen LogP contribution >= 0.6 is 24.6 Å². The number of rotatable bonds is 16. The summed E-state index contributed by atoms with van der Waals surface area (Å²) in [6.07, 6.45) is 24.8. The van der Waals surface area contributed by atoms with Gasteiger partial charge in [0.1, 0.15) is 46.5 Å². The Hall–Kier alpha value is -14.1. The maximum Gasteiger partial charge on any atom is 0.337 e. The maximum atomic E-state index is 14.4. The predicted molar refractivity (Wildman–Crippen MR) is 521 cm³/mol. The lowest BCUT2D eigenvalue weighted by Crippen LogP contribution is -2.44. The number of carbonyl (C=O) groups excluding carboxylic acids is 3. The zero-order valence-corrected chi connectivity index (χ0v) is 74.9. The number of piperidine rings is 4. The van der Waals surface area contributed by atoms with Gasteiger partial charge in [-0.25, -0.2) is 39.9 Å². The normalized spacial score (nSPS) is 15.1. The summed E-state index contributed by atoms with van der Waals surface area (Å²) in [5.74, 6) is -8.01. The first kappa shape index (κ1) is 114. The van der Waals surface area contributed by atoms with Gasteiger partial charge in [0.05, 0.1) is 91.0 Å². The molecular weight excluding hydrogens is 1820 g/mol. The molecule has 4 aliphatic heterocycles. The Morgan fingerprint density at radius 3 is 0.754 bits per heavy atom.